The predicted molar refractivity (Wildman–Crippen MR) is 131 cm³/mol. The van der Waals surface area contributed by atoms with Crippen molar-refractivity contribution in [3.8, 4) is 28.3 Å². The third-order valence-electron chi connectivity index (χ3n) is 7.64. The fourth-order valence-corrected chi connectivity index (χ4v) is 5.65. The van der Waals surface area contributed by atoms with E-state index in [2.05, 4.69) is 25.4 Å². The second-order valence-corrected chi connectivity index (χ2v) is 10.1. The van der Waals surface area contributed by atoms with Gasteiger partial charge in [0.1, 0.15) is 17.7 Å². The smallest absolute Gasteiger partial charge is 0.251 e. The lowest BCUT2D eigenvalue weighted by molar-refractivity contribution is 0.104. The van der Waals surface area contributed by atoms with Crippen molar-refractivity contribution in [2.75, 3.05) is 4.90 Å². The molecule has 4 heterocycles. The first-order valence-corrected chi connectivity index (χ1v) is 12.5. The zero-order valence-corrected chi connectivity index (χ0v) is 19.9. The number of hydrogen-bond acceptors (Lipinski definition) is 7. The highest BCUT2D eigenvalue weighted by molar-refractivity contribution is 5.73. The molecule has 3 aromatic rings. The quantitative estimate of drug-likeness (QED) is 0.562. The highest BCUT2D eigenvalue weighted by atomic mass is 19.1. The Balaban J connectivity index is 1.27. The van der Waals surface area contributed by atoms with Crippen LogP contribution in [0.1, 0.15) is 38.5 Å². The van der Waals surface area contributed by atoms with Gasteiger partial charge in [0.15, 0.2) is 11.6 Å². The second kappa shape index (κ2) is 8.92. The van der Waals surface area contributed by atoms with Crippen LogP contribution >= 0.6 is 0 Å². The molecule has 2 bridgehead atoms. The summed E-state index contributed by atoms with van der Waals surface area (Å²) in [6.45, 7) is 0. The van der Waals surface area contributed by atoms with Crippen molar-refractivity contribution in [2.45, 2.75) is 68.9 Å². The molecule has 36 heavy (non-hydrogen) atoms. The maximum Gasteiger partial charge on any atom is 0.251 e. The standard InChI is InChI=1S/C26H28F2N6O2/c1-33-13-19(27)18(11-24(33)36)14-5-8-17(22(35)9-14)26-29-12-23(31-32-26)34(16-6-7-16)21-10-15-3-2-4-20(30-15)25(21)28/h5,8-9,11-13,15-16,20-21,25,30,35H,2-4,6-7,10H2,1H3/t15-,20+,21+,25-/m0/s1. The molecule has 188 valence electrons. The minimum atomic E-state index is -0.976. The number of benzene rings is 1. The monoisotopic (exact) mass is 494 g/mol. The lowest BCUT2D eigenvalue weighted by Crippen LogP contribution is -2.62. The maximum absolute atomic E-state index is 15.4. The number of phenols is 1. The minimum absolute atomic E-state index is 0.0990. The van der Waals surface area contributed by atoms with Gasteiger partial charge in [-0.1, -0.05) is 12.5 Å². The molecule has 2 aromatic heterocycles. The molecular formula is C26H28F2N6O2. The molecule has 1 aliphatic carbocycles. The number of alkyl halides is 1. The predicted octanol–water partition coefficient (Wildman–Crippen LogP) is 3.34. The van der Waals surface area contributed by atoms with Gasteiger partial charge in [-0.15, -0.1) is 10.2 Å². The van der Waals surface area contributed by atoms with Crippen molar-refractivity contribution < 1.29 is 13.9 Å². The first kappa shape index (κ1) is 23.0. The number of halogens is 2. The average Bonchev–Trinajstić information content (AvgIpc) is 3.71. The number of fused-ring (bicyclic) bond motifs is 2. The summed E-state index contributed by atoms with van der Waals surface area (Å²) in [4.78, 5) is 18.5. The van der Waals surface area contributed by atoms with E-state index < -0.39 is 12.0 Å². The molecule has 2 saturated heterocycles. The SMILES string of the molecule is Cn1cc(F)c(-c2ccc(-c3ncc(N(C4CC4)[C@@H]4C[C@@H]5CCC[C@@H](N5)[C@@H]4F)nn3)c(O)c2)cc1=O. The number of aromatic hydroxyl groups is 1. The van der Waals surface area contributed by atoms with E-state index >= 15 is 4.39 Å². The van der Waals surface area contributed by atoms with E-state index in [9.17, 15) is 14.3 Å². The number of phenolic OH excluding ortho intramolecular Hbond substituents is 1. The zero-order chi connectivity index (χ0) is 25.0. The molecule has 2 N–H and O–H groups in total. The first-order chi connectivity index (χ1) is 17.4. The Kier molecular flexibility index (Phi) is 5.70. The first-order valence-electron chi connectivity index (χ1n) is 12.5. The van der Waals surface area contributed by atoms with Gasteiger partial charge in [0.05, 0.1) is 17.8 Å². The van der Waals surface area contributed by atoms with Gasteiger partial charge < -0.3 is 19.9 Å². The average molecular weight is 495 g/mol. The van der Waals surface area contributed by atoms with Crippen LogP contribution in [0.25, 0.3) is 22.5 Å². The lowest BCUT2D eigenvalue weighted by Gasteiger charge is -2.47. The van der Waals surface area contributed by atoms with Crippen LogP contribution in [-0.4, -0.2) is 55.2 Å². The summed E-state index contributed by atoms with van der Waals surface area (Å²) in [7, 11) is 1.47. The molecule has 1 aromatic carbocycles. The number of piperidine rings is 2. The molecule has 1 saturated carbocycles. The molecule has 0 spiro atoms. The number of rotatable bonds is 5. The molecule has 0 unspecified atom stereocenters. The summed E-state index contributed by atoms with van der Waals surface area (Å²) in [5.41, 5.74) is 0.439. The summed E-state index contributed by atoms with van der Waals surface area (Å²) in [5, 5.41) is 22.7. The largest absolute Gasteiger partial charge is 0.507 e. The highest BCUT2D eigenvalue weighted by Crippen LogP contribution is 2.39. The molecule has 10 heteroatoms. The van der Waals surface area contributed by atoms with E-state index in [0.717, 1.165) is 49.3 Å². The topological polar surface area (TPSA) is 96.2 Å². The third-order valence-corrected chi connectivity index (χ3v) is 7.64. The van der Waals surface area contributed by atoms with Gasteiger partial charge in [-0.2, -0.15) is 0 Å². The van der Waals surface area contributed by atoms with Gasteiger partial charge in [-0.3, -0.25) is 4.79 Å². The van der Waals surface area contributed by atoms with Gasteiger partial charge in [0.2, 0.25) is 0 Å². The number of nitrogens with one attached hydrogen (secondary N) is 1. The van der Waals surface area contributed by atoms with Crippen LogP contribution in [0.3, 0.4) is 0 Å². The van der Waals surface area contributed by atoms with Gasteiger partial charge in [0.25, 0.3) is 5.56 Å². The molecule has 3 aliphatic rings. The second-order valence-electron chi connectivity index (χ2n) is 10.1. The van der Waals surface area contributed by atoms with Crippen LogP contribution in [0.2, 0.25) is 0 Å². The Hall–Kier alpha value is -3.40. The fourth-order valence-electron chi connectivity index (χ4n) is 5.65. The van der Waals surface area contributed by atoms with Gasteiger partial charge in [-0.05, 0) is 49.8 Å². The normalized spacial score (nSPS) is 25.5. The Morgan fingerprint density at radius 3 is 2.69 bits per heavy atom. The van der Waals surface area contributed by atoms with E-state index in [4.69, 9.17) is 0 Å². The van der Waals surface area contributed by atoms with E-state index in [1.807, 2.05) is 0 Å². The summed E-state index contributed by atoms with van der Waals surface area (Å²) in [6, 6.07) is 5.94. The summed E-state index contributed by atoms with van der Waals surface area (Å²) in [5.74, 6) is 0.0326. The number of aryl methyl sites for hydroxylation is 1. The number of pyridine rings is 1. The number of anilines is 1. The van der Waals surface area contributed by atoms with Crippen molar-refractivity contribution in [2.24, 2.45) is 7.05 Å². The molecular weight excluding hydrogens is 466 g/mol. The van der Waals surface area contributed by atoms with Crippen LogP contribution in [0.15, 0.2) is 41.5 Å². The number of hydrogen-bond donors (Lipinski definition) is 2. The van der Waals surface area contributed by atoms with Crippen LogP contribution in [-0.2, 0) is 7.05 Å². The van der Waals surface area contributed by atoms with Crippen molar-refractivity contribution in [1.29, 1.82) is 0 Å². The van der Waals surface area contributed by atoms with Gasteiger partial charge in [-0.25, -0.2) is 13.8 Å². The Morgan fingerprint density at radius 2 is 1.97 bits per heavy atom. The van der Waals surface area contributed by atoms with Gasteiger partial charge >= 0.3 is 0 Å². The van der Waals surface area contributed by atoms with Crippen LogP contribution in [0.4, 0.5) is 14.6 Å². The number of aromatic nitrogens is 4. The summed E-state index contributed by atoms with van der Waals surface area (Å²) < 4.78 is 31.0. The fraction of sp³-hybridized carbons (Fsp3) is 0.462. The van der Waals surface area contributed by atoms with E-state index in [0.29, 0.717) is 23.0 Å². The molecule has 3 fully saturated rings. The molecule has 4 atom stereocenters. The third kappa shape index (κ3) is 4.13. The maximum atomic E-state index is 15.4. The van der Waals surface area contributed by atoms with Crippen molar-refractivity contribution >= 4 is 5.82 Å². The highest BCUT2D eigenvalue weighted by Gasteiger charge is 2.46. The van der Waals surface area contributed by atoms with Crippen molar-refractivity contribution in [1.82, 2.24) is 25.1 Å². The van der Waals surface area contributed by atoms with E-state index in [-0.39, 0.29) is 40.8 Å². The number of nitrogens with zero attached hydrogens (tertiary/aromatic N) is 5. The van der Waals surface area contributed by atoms with Crippen LogP contribution in [0, 0.1) is 5.82 Å². The molecule has 0 amide bonds. The van der Waals surface area contributed by atoms with Crippen LogP contribution in [0.5, 0.6) is 5.75 Å². The van der Waals surface area contributed by atoms with Crippen molar-refractivity contribution in [3.05, 3.63) is 52.8 Å². The van der Waals surface area contributed by atoms with Crippen molar-refractivity contribution in [3.63, 3.8) is 0 Å². The zero-order valence-electron chi connectivity index (χ0n) is 19.9. The van der Waals surface area contributed by atoms with Crippen LogP contribution < -0.4 is 15.8 Å². The Labute approximate surface area is 207 Å². The van der Waals surface area contributed by atoms with Gasteiger partial charge in [0, 0.05) is 43.0 Å². The molecule has 0 radical (unpaired) electrons. The Bertz CT molecular complexity index is 1340. The summed E-state index contributed by atoms with van der Waals surface area (Å²) >= 11 is 0. The van der Waals surface area contributed by atoms with E-state index in [1.165, 1.54) is 19.2 Å². The lowest BCUT2D eigenvalue weighted by atomic mass is 9.82. The van der Waals surface area contributed by atoms with E-state index in [1.54, 1.807) is 18.3 Å². The Morgan fingerprint density at radius 1 is 1.14 bits per heavy atom. The molecule has 6 rings (SSSR count). The molecule has 8 nitrogen and oxygen atoms in total. The molecule has 2 aliphatic heterocycles. The minimum Gasteiger partial charge on any atom is -0.507 e. The summed E-state index contributed by atoms with van der Waals surface area (Å²) in [6.07, 6.45) is 7.44.